The van der Waals surface area contributed by atoms with Crippen LogP contribution in [-0.2, 0) is 18.4 Å². The lowest BCUT2D eigenvalue weighted by Crippen LogP contribution is -2.45. The Morgan fingerprint density at radius 1 is 0.515 bits per heavy atom. The van der Waals surface area contributed by atoms with Crippen molar-refractivity contribution >= 4 is 13.7 Å². The number of carbonyl (C=O) groups is 1. The van der Waals surface area contributed by atoms with Gasteiger partial charge in [0.05, 0.1) is 39.9 Å². The largest absolute Gasteiger partial charge is 0.472 e. The number of nitrogens with one attached hydrogen (secondary N) is 1. The van der Waals surface area contributed by atoms with E-state index in [2.05, 4.69) is 104 Å². The highest BCUT2D eigenvalue weighted by Gasteiger charge is 2.27. The molecule has 0 aromatic rings. The molecule has 3 unspecified atom stereocenters. The van der Waals surface area contributed by atoms with Crippen molar-refractivity contribution in [3.8, 4) is 0 Å². The highest BCUT2D eigenvalue weighted by molar-refractivity contribution is 7.47. The predicted octanol–water partition coefficient (Wildman–Crippen LogP) is 16.6. The van der Waals surface area contributed by atoms with E-state index in [0.717, 1.165) is 83.5 Å². The molecule has 0 bridgehead atoms. The first-order chi connectivity index (χ1) is 33.0. The van der Waals surface area contributed by atoms with Crippen molar-refractivity contribution in [3.63, 3.8) is 0 Å². The van der Waals surface area contributed by atoms with Gasteiger partial charge in [0.15, 0.2) is 0 Å². The topological polar surface area (TPSA) is 105 Å². The lowest BCUT2D eigenvalue weighted by atomic mass is 10.0. The fourth-order valence-electron chi connectivity index (χ4n) is 7.49. The van der Waals surface area contributed by atoms with Crippen LogP contribution in [0.1, 0.15) is 219 Å². The number of carbonyl (C=O) groups excluding carboxylic acids is 1. The van der Waals surface area contributed by atoms with Gasteiger partial charge < -0.3 is 19.8 Å². The molecule has 0 saturated carbocycles. The minimum Gasteiger partial charge on any atom is -0.387 e. The van der Waals surface area contributed by atoms with Crippen molar-refractivity contribution in [2.24, 2.45) is 0 Å². The molecule has 0 fully saturated rings. The Morgan fingerprint density at radius 3 is 1.29 bits per heavy atom. The first-order valence-corrected chi connectivity index (χ1v) is 29.1. The zero-order chi connectivity index (χ0) is 49.9. The van der Waals surface area contributed by atoms with Gasteiger partial charge in [-0.05, 0) is 77.0 Å². The van der Waals surface area contributed by atoms with E-state index in [1.54, 1.807) is 6.08 Å². The quantitative estimate of drug-likeness (QED) is 0.0243. The third-order valence-corrected chi connectivity index (χ3v) is 12.8. The molecule has 392 valence electrons. The van der Waals surface area contributed by atoms with Crippen molar-refractivity contribution < 1.29 is 32.9 Å². The molecule has 3 N–H and O–H groups in total. The summed E-state index contributed by atoms with van der Waals surface area (Å²) < 4.78 is 23.6. The van der Waals surface area contributed by atoms with Crippen molar-refractivity contribution in [2.45, 2.75) is 231 Å². The monoisotopic (exact) mass is 970 g/mol. The van der Waals surface area contributed by atoms with E-state index in [1.807, 2.05) is 27.2 Å². The Hall–Kier alpha value is -2.58. The molecule has 8 nitrogen and oxygen atoms in total. The lowest BCUT2D eigenvalue weighted by molar-refractivity contribution is -0.870. The van der Waals surface area contributed by atoms with Crippen LogP contribution in [-0.4, -0.2) is 73.4 Å². The maximum Gasteiger partial charge on any atom is 0.472 e. The molecule has 0 aromatic carbocycles. The molecular weight excluding hydrogens is 864 g/mol. The van der Waals surface area contributed by atoms with Crippen LogP contribution in [0, 0.1) is 0 Å². The number of likely N-dealkylation sites (N-methyl/N-ethyl adjacent to an activating group) is 1. The van der Waals surface area contributed by atoms with Gasteiger partial charge in [0.2, 0.25) is 5.91 Å². The van der Waals surface area contributed by atoms with E-state index in [1.165, 1.54) is 116 Å². The molecule has 0 aromatic heterocycles. The van der Waals surface area contributed by atoms with Gasteiger partial charge in [0.1, 0.15) is 13.2 Å². The van der Waals surface area contributed by atoms with E-state index in [0.29, 0.717) is 17.4 Å². The van der Waals surface area contributed by atoms with Crippen molar-refractivity contribution in [1.82, 2.24) is 5.32 Å². The molecule has 0 heterocycles. The van der Waals surface area contributed by atoms with Crippen LogP contribution < -0.4 is 5.32 Å². The predicted molar refractivity (Wildman–Crippen MR) is 295 cm³/mol. The van der Waals surface area contributed by atoms with Crippen LogP contribution in [0.3, 0.4) is 0 Å². The molecule has 9 heteroatoms. The number of hydrogen-bond acceptors (Lipinski definition) is 5. The summed E-state index contributed by atoms with van der Waals surface area (Å²) in [5.74, 6) is -0.183. The van der Waals surface area contributed by atoms with Crippen LogP contribution in [0.15, 0.2) is 97.2 Å². The van der Waals surface area contributed by atoms with Gasteiger partial charge in [0.25, 0.3) is 0 Å². The number of amides is 1. The second-order valence-corrected chi connectivity index (χ2v) is 21.0. The first-order valence-electron chi connectivity index (χ1n) is 27.6. The summed E-state index contributed by atoms with van der Waals surface area (Å²) in [6.07, 6.45) is 70.8. The SMILES string of the molecule is CC/C=C\C/C=C\C/C=C\C/C=C\C/C=C\C/C=C\C/C=C\CCCCCCCCCCCCCCCC(=O)NC(COP(=O)(O)OCC[N+](C)(C)C)C(O)/C=C/CCCCCCCCCCC. The molecule has 0 rings (SSSR count). The number of nitrogens with zero attached hydrogens (tertiary/aromatic N) is 1. The number of hydrogen-bond donors (Lipinski definition) is 3. The molecular formula is C59H106N2O6P+. The van der Waals surface area contributed by atoms with E-state index in [4.69, 9.17) is 9.05 Å². The number of rotatable bonds is 49. The number of phosphoric acid groups is 1. The third kappa shape index (κ3) is 51.3. The second kappa shape index (κ2) is 49.4. The van der Waals surface area contributed by atoms with Gasteiger partial charge >= 0.3 is 7.82 Å². The van der Waals surface area contributed by atoms with Crippen molar-refractivity contribution in [3.05, 3.63) is 97.2 Å². The minimum atomic E-state index is -4.34. The molecule has 0 spiro atoms. The van der Waals surface area contributed by atoms with Gasteiger partial charge in [-0.1, -0.05) is 233 Å². The molecule has 0 aliphatic rings. The minimum absolute atomic E-state index is 0.0578. The smallest absolute Gasteiger partial charge is 0.387 e. The molecule has 0 aliphatic heterocycles. The maximum absolute atomic E-state index is 12.9. The number of aliphatic hydroxyl groups excluding tert-OH is 1. The number of quaternary nitrogens is 1. The molecule has 1 amide bonds. The fourth-order valence-corrected chi connectivity index (χ4v) is 8.23. The van der Waals surface area contributed by atoms with E-state index in [9.17, 15) is 19.4 Å². The number of phosphoric ester groups is 1. The average molecular weight is 970 g/mol. The zero-order valence-corrected chi connectivity index (χ0v) is 45.5. The number of allylic oxidation sites excluding steroid dienone is 15. The van der Waals surface area contributed by atoms with Crippen LogP contribution >= 0.6 is 7.82 Å². The van der Waals surface area contributed by atoms with Gasteiger partial charge in [-0.3, -0.25) is 13.8 Å². The lowest BCUT2D eigenvalue weighted by Gasteiger charge is -2.25. The standard InChI is InChI=1S/C59H105N2O6P/c1-6-8-10-12-14-16-18-19-20-21-22-23-24-25-26-27-28-29-30-31-32-33-34-35-36-37-38-39-40-41-43-45-47-49-51-53-59(63)60-57(56-67-68(64,65)66-55-54-61(3,4)5)58(62)52-50-48-46-44-42-17-15-13-11-9-7-2/h8,10,14,16,19-20,22-23,25-26,28-29,31-32,50,52,57-58,62H,6-7,9,11-13,15,17-18,21,24,27,30,33-49,51,53-56H2,1-5H3,(H-,60,63,64,65)/p+1/b10-8-,16-14-,20-19-,23-22-,26-25-,29-28-,32-31-,52-50+. The summed E-state index contributed by atoms with van der Waals surface area (Å²) in [6.45, 7) is 4.67. The van der Waals surface area contributed by atoms with Crippen LogP contribution in [0.4, 0.5) is 0 Å². The maximum atomic E-state index is 12.9. The first kappa shape index (κ1) is 65.4. The van der Waals surface area contributed by atoms with Crippen LogP contribution in [0.25, 0.3) is 0 Å². The van der Waals surface area contributed by atoms with Crippen molar-refractivity contribution in [2.75, 3.05) is 40.9 Å². The van der Waals surface area contributed by atoms with E-state index < -0.39 is 20.0 Å². The Balaban J connectivity index is 4.06. The summed E-state index contributed by atoms with van der Waals surface area (Å²) >= 11 is 0. The average Bonchev–Trinajstić information content (AvgIpc) is 3.30. The summed E-state index contributed by atoms with van der Waals surface area (Å²) in [5, 5.41) is 13.8. The van der Waals surface area contributed by atoms with Crippen molar-refractivity contribution in [1.29, 1.82) is 0 Å². The van der Waals surface area contributed by atoms with Gasteiger partial charge in [-0.2, -0.15) is 0 Å². The highest BCUT2D eigenvalue weighted by atomic mass is 31.2. The number of unbranched alkanes of at least 4 members (excludes halogenated alkanes) is 22. The van der Waals surface area contributed by atoms with Gasteiger partial charge in [0, 0.05) is 6.42 Å². The summed E-state index contributed by atoms with van der Waals surface area (Å²) in [4.78, 5) is 23.2. The summed E-state index contributed by atoms with van der Waals surface area (Å²) in [6, 6.07) is -0.850. The third-order valence-electron chi connectivity index (χ3n) is 11.8. The Bertz CT molecular complexity index is 1420. The Kier molecular flexibility index (Phi) is 47.5. The van der Waals surface area contributed by atoms with Crippen LogP contribution in [0.5, 0.6) is 0 Å². The summed E-state index contributed by atoms with van der Waals surface area (Å²) in [5.41, 5.74) is 0. The normalized spacial score (nSPS) is 14.8. The number of aliphatic hydroxyl groups is 1. The summed E-state index contributed by atoms with van der Waals surface area (Å²) in [7, 11) is 1.56. The fraction of sp³-hybridized carbons (Fsp3) is 0.712. The van der Waals surface area contributed by atoms with E-state index >= 15 is 0 Å². The van der Waals surface area contributed by atoms with E-state index in [-0.39, 0.29) is 19.1 Å². The second-order valence-electron chi connectivity index (χ2n) is 19.6. The Morgan fingerprint density at radius 2 is 0.882 bits per heavy atom. The molecule has 0 radical (unpaired) electrons. The van der Waals surface area contributed by atoms with Gasteiger partial charge in [-0.25, -0.2) is 4.57 Å². The molecule has 68 heavy (non-hydrogen) atoms. The van der Waals surface area contributed by atoms with Gasteiger partial charge in [-0.15, -0.1) is 0 Å². The highest BCUT2D eigenvalue weighted by Crippen LogP contribution is 2.43. The molecule has 0 saturated heterocycles. The van der Waals surface area contributed by atoms with Crippen LogP contribution in [0.2, 0.25) is 0 Å². The molecule has 3 atom stereocenters. The zero-order valence-electron chi connectivity index (χ0n) is 44.6. The molecule has 0 aliphatic carbocycles. The Labute approximate surface area is 419 Å².